The second kappa shape index (κ2) is 9.07. The molecule has 0 aromatic heterocycles. The molecule has 4 N–H and O–H groups in total. The van der Waals surface area contributed by atoms with Crippen molar-refractivity contribution in [1.29, 1.82) is 0 Å². The zero-order valence-corrected chi connectivity index (χ0v) is 18.1. The van der Waals surface area contributed by atoms with Gasteiger partial charge in [-0.2, -0.15) is 0 Å². The molecule has 8 nitrogen and oxygen atoms in total. The molecule has 162 valence electrons. The zero-order valence-electron chi connectivity index (χ0n) is 16.5. The minimum Gasteiger partial charge on any atom is -0.444 e. The number of nitrogen functional groups attached to an aromatic ring is 1. The standard InChI is InChI=1S/C21H21ClN4O4S/c22-12-3-5-15(16(23)8-12)20(28)24-7-1-2-14-10-26(21(29)30-14)13-4-6-18-17(9-13)25-19(27)11-31-18/h3-6,8-9,14H,1-2,7,10-11,23H2,(H,24,28)(H,25,27). The summed E-state index contributed by atoms with van der Waals surface area (Å²) in [6.45, 7) is 0.841. The lowest BCUT2D eigenvalue weighted by Gasteiger charge is -2.20. The van der Waals surface area contributed by atoms with Crippen LogP contribution in [0.15, 0.2) is 41.3 Å². The number of nitrogens with one attached hydrogen (secondary N) is 2. The van der Waals surface area contributed by atoms with E-state index in [1.54, 1.807) is 23.1 Å². The largest absolute Gasteiger partial charge is 0.444 e. The molecule has 10 heteroatoms. The summed E-state index contributed by atoms with van der Waals surface area (Å²) in [6, 6.07) is 10.3. The summed E-state index contributed by atoms with van der Waals surface area (Å²) in [5.41, 5.74) is 7.92. The van der Waals surface area contributed by atoms with Gasteiger partial charge in [0.2, 0.25) is 5.91 Å². The summed E-state index contributed by atoms with van der Waals surface area (Å²) >= 11 is 7.32. The topological polar surface area (TPSA) is 114 Å². The fourth-order valence-corrected chi connectivity index (χ4v) is 4.46. The number of thioether (sulfide) groups is 1. The molecule has 1 saturated heterocycles. The number of benzene rings is 2. The maximum Gasteiger partial charge on any atom is 0.414 e. The van der Waals surface area contributed by atoms with Crippen molar-refractivity contribution in [2.45, 2.75) is 23.8 Å². The molecule has 0 bridgehead atoms. The van der Waals surface area contributed by atoms with Crippen molar-refractivity contribution in [3.63, 3.8) is 0 Å². The van der Waals surface area contributed by atoms with E-state index >= 15 is 0 Å². The highest BCUT2D eigenvalue weighted by Crippen LogP contribution is 2.35. The second-order valence-electron chi connectivity index (χ2n) is 7.26. The Morgan fingerprint density at radius 1 is 1.29 bits per heavy atom. The molecule has 31 heavy (non-hydrogen) atoms. The molecule has 0 saturated carbocycles. The summed E-state index contributed by atoms with van der Waals surface area (Å²) < 4.78 is 5.46. The molecular formula is C21H21ClN4O4S. The Morgan fingerprint density at radius 3 is 2.94 bits per heavy atom. The Labute approximate surface area is 188 Å². The SMILES string of the molecule is Nc1cc(Cl)ccc1C(=O)NCCCC1CN(c2ccc3c(c2)NC(=O)CS3)C(=O)O1. The van der Waals surface area contributed by atoms with Crippen molar-refractivity contribution in [2.24, 2.45) is 0 Å². The molecule has 2 aromatic rings. The molecule has 0 aliphatic carbocycles. The van der Waals surface area contributed by atoms with Gasteiger partial charge in [0.25, 0.3) is 5.91 Å². The summed E-state index contributed by atoms with van der Waals surface area (Å²) in [7, 11) is 0. The lowest BCUT2D eigenvalue weighted by molar-refractivity contribution is -0.113. The van der Waals surface area contributed by atoms with Crippen LogP contribution in [0.1, 0.15) is 23.2 Å². The fourth-order valence-electron chi connectivity index (χ4n) is 3.49. The lowest BCUT2D eigenvalue weighted by atomic mass is 10.1. The number of hydrogen-bond acceptors (Lipinski definition) is 6. The normalized spacial score (nSPS) is 17.7. The highest BCUT2D eigenvalue weighted by Gasteiger charge is 2.32. The quantitative estimate of drug-likeness (QED) is 0.449. The smallest absolute Gasteiger partial charge is 0.414 e. The van der Waals surface area contributed by atoms with Gasteiger partial charge in [-0.3, -0.25) is 14.5 Å². The molecule has 4 rings (SSSR count). The van der Waals surface area contributed by atoms with Gasteiger partial charge >= 0.3 is 6.09 Å². The number of rotatable bonds is 6. The van der Waals surface area contributed by atoms with Gasteiger partial charge in [-0.1, -0.05) is 11.6 Å². The van der Waals surface area contributed by atoms with E-state index in [9.17, 15) is 14.4 Å². The van der Waals surface area contributed by atoms with Crippen LogP contribution in [0.2, 0.25) is 5.02 Å². The van der Waals surface area contributed by atoms with Crippen molar-refractivity contribution in [2.75, 3.05) is 34.8 Å². The van der Waals surface area contributed by atoms with E-state index in [0.717, 1.165) is 4.90 Å². The molecule has 3 amide bonds. The van der Waals surface area contributed by atoms with Crippen LogP contribution >= 0.6 is 23.4 Å². The minimum absolute atomic E-state index is 0.0565. The highest BCUT2D eigenvalue weighted by molar-refractivity contribution is 8.00. The first-order valence-corrected chi connectivity index (χ1v) is 11.1. The second-order valence-corrected chi connectivity index (χ2v) is 8.72. The van der Waals surface area contributed by atoms with Crippen molar-refractivity contribution in [1.82, 2.24) is 5.32 Å². The number of nitrogens with zero attached hydrogens (tertiary/aromatic N) is 1. The maximum atomic E-state index is 12.3. The van der Waals surface area contributed by atoms with Crippen molar-refractivity contribution in [3.8, 4) is 0 Å². The summed E-state index contributed by atoms with van der Waals surface area (Å²) in [5.74, 6) is 0.0635. The first kappa shape index (κ1) is 21.3. The number of halogens is 1. The third-order valence-electron chi connectivity index (χ3n) is 5.03. The molecule has 0 spiro atoms. The molecule has 1 atom stereocenters. The Morgan fingerprint density at radius 2 is 2.13 bits per heavy atom. The van der Waals surface area contributed by atoms with Gasteiger partial charge in [-0.25, -0.2) is 4.79 Å². The van der Waals surface area contributed by atoms with Gasteiger partial charge < -0.3 is 21.1 Å². The van der Waals surface area contributed by atoms with E-state index in [0.29, 0.717) is 59.3 Å². The van der Waals surface area contributed by atoms with E-state index < -0.39 is 6.09 Å². The fraction of sp³-hybridized carbons (Fsp3) is 0.286. The molecule has 2 aromatic carbocycles. The number of nitrogens with two attached hydrogens (primary N) is 1. The van der Waals surface area contributed by atoms with Crippen LogP contribution in [0.25, 0.3) is 0 Å². The Balaban J connectivity index is 1.28. The summed E-state index contributed by atoms with van der Waals surface area (Å²) in [4.78, 5) is 38.7. The molecule has 1 unspecified atom stereocenters. The van der Waals surface area contributed by atoms with E-state index in [-0.39, 0.29) is 17.9 Å². The Kier molecular flexibility index (Phi) is 6.24. The number of anilines is 3. The van der Waals surface area contributed by atoms with Crippen molar-refractivity contribution in [3.05, 3.63) is 47.0 Å². The molecular weight excluding hydrogens is 440 g/mol. The average Bonchev–Trinajstić information content (AvgIpc) is 3.11. The average molecular weight is 461 g/mol. The highest BCUT2D eigenvalue weighted by atomic mass is 35.5. The number of carbonyl (C=O) groups excluding carboxylic acids is 3. The number of hydrogen-bond donors (Lipinski definition) is 3. The third kappa shape index (κ3) is 4.88. The third-order valence-corrected chi connectivity index (χ3v) is 6.34. The monoisotopic (exact) mass is 460 g/mol. The first-order chi connectivity index (χ1) is 14.9. The van der Waals surface area contributed by atoms with Crippen LogP contribution < -0.4 is 21.3 Å². The number of amides is 3. The number of cyclic esters (lactones) is 1. The maximum absolute atomic E-state index is 12.3. The van der Waals surface area contributed by atoms with Crippen molar-refractivity contribution >= 4 is 58.3 Å². The summed E-state index contributed by atoms with van der Waals surface area (Å²) in [6.07, 6.45) is 0.556. The molecule has 2 aliphatic heterocycles. The van der Waals surface area contributed by atoms with Crippen LogP contribution in [-0.2, 0) is 9.53 Å². The van der Waals surface area contributed by atoms with Crippen LogP contribution in [0, 0.1) is 0 Å². The Bertz CT molecular complexity index is 1050. The van der Waals surface area contributed by atoms with E-state index in [1.807, 2.05) is 12.1 Å². The van der Waals surface area contributed by atoms with E-state index in [2.05, 4.69) is 10.6 Å². The van der Waals surface area contributed by atoms with E-state index in [1.165, 1.54) is 17.8 Å². The van der Waals surface area contributed by atoms with Gasteiger partial charge in [0.15, 0.2) is 0 Å². The number of ether oxygens (including phenoxy) is 1. The molecule has 2 aliphatic rings. The van der Waals surface area contributed by atoms with Gasteiger partial charge in [0, 0.05) is 27.8 Å². The van der Waals surface area contributed by atoms with Crippen LogP contribution in [0.4, 0.5) is 21.9 Å². The number of fused-ring (bicyclic) bond motifs is 1. The van der Waals surface area contributed by atoms with Gasteiger partial charge in [-0.15, -0.1) is 11.8 Å². The predicted molar refractivity (Wildman–Crippen MR) is 121 cm³/mol. The van der Waals surface area contributed by atoms with Crippen LogP contribution in [0.3, 0.4) is 0 Å². The number of carbonyl (C=O) groups is 3. The first-order valence-electron chi connectivity index (χ1n) is 9.79. The van der Waals surface area contributed by atoms with Crippen LogP contribution in [0.5, 0.6) is 0 Å². The zero-order chi connectivity index (χ0) is 22.0. The molecule has 1 fully saturated rings. The predicted octanol–water partition coefficient (Wildman–Crippen LogP) is 3.50. The minimum atomic E-state index is -0.419. The molecule has 0 radical (unpaired) electrons. The van der Waals surface area contributed by atoms with Gasteiger partial charge in [0.05, 0.1) is 23.5 Å². The van der Waals surface area contributed by atoms with Gasteiger partial charge in [-0.05, 0) is 49.2 Å². The van der Waals surface area contributed by atoms with Crippen LogP contribution in [-0.4, -0.2) is 42.9 Å². The van der Waals surface area contributed by atoms with E-state index in [4.69, 9.17) is 22.1 Å². The lowest BCUT2D eigenvalue weighted by Crippen LogP contribution is -2.27. The molecule has 2 heterocycles. The Hall–Kier alpha value is -2.91. The summed E-state index contributed by atoms with van der Waals surface area (Å²) in [5, 5.41) is 6.12. The van der Waals surface area contributed by atoms with Gasteiger partial charge in [0.1, 0.15) is 6.10 Å². The van der Waals surface area contributed by atoms with Crippen molar-refractivity contribution < 1.29 is 19.1 Å².